The van der Waals surface area contributed by atoms with Crippen molar-refractivity contribution in [3.8, 4) is 5.75 Å². The third kappa shape index (κ3) is 3.86. The van der Waals surface area contributed by atoms with Gasteiger partial charge in [-0.1, -0.05) is 28.9 Å². The van der Waals surface area contributed by atoms with Gasteiger partial charge >= 0.3 is 0 Å². The van der Waals surface area contributed by atoms with Crippen molar-refractivity contribution in [3.63, 3.8) is 0 Å². The maximum Gasteiger partial charge on any atom is 0.119 e. The third-order valence-corrected chi connectivity index (χ3v) is 3.68. The molecule has 0 heterocycles. The van der Waals surface area contributed by atoms with Gasteiger partial charge in [0.2, 0.25) is 0 Å². The normalized spacial score (nSPS) is 12.5. The van der Waals surface area contributed by atoms with E-state index in [0.717, 1.165) is 24.1 Å². The molecule has 0 radical (unpaired) electrons. The Morgan fingerprint density at radius 2 is 2.00 bits per heavy atom. The summed E-state index contributed by atoms with van der Waals surface area (Å²) in [5, 5.41) is 1.01. The molecule has 0 N–H and O–H groups in total. The quantitative estimate of drug-likeness (QED) is 0.732. The monoisotopic (exact) mass is 270 g/mol. The van der Waals surface area contributed by atoms with Gasteiger partial charge in [0, 0.05) is 11.2 Å². The molecule has 2 heteroatoms. The van der Waals surface area contributed by atoms with Gasteiger partial charge in [0.05, 0.1) is 6.61 Å². The number of rotatable bonds is 5. The first-order valence-corrected chi connectivity index (χ1v) is 6.55. The number of hydrogen-bond donors (Lipinski definition) is 0. The zero-order valence-corrected chi connectivity index (χ0v) is 11.3. The third-order valence-electron chi connectivity index (χ3n) is 2.76. The fourth-order valence-corrected chi connectivity index (χ4v) is 1.93. The summed E-state index contributed by atoms with van der Waals surface area (Å²) in [5.41, 5.74) is 2.61. The predicted molar refractivity (Wildman–Crippen MR) is 69.0 cm³/mol. The Morgan fingerprint density at radius 1 is 1.27 bits per heavy atom. The summed E-state index contributed by atoms with van der Waals surface area (Å²) in [5.74, 6) is 1.59. The maximum absolute atomic E-state index is 5.76. The lowest BCUT2D eigenvalue weighted by Gasteiger charge is -2.13. The van der Waals surface area contributed by atoms with Crippen LogP contribution in [0.3, 0.4) is 0 Å². The molecule has 0 fully saturated rings. The highest BCUT2D eigenvalue weighted by atomic mass is 79.9. The summed E-state index contributed by atoms with van der Waals surface area (Å²) >= 11 is 3.50. The van der Waals surface area contributed by atoms with Crippen LogP contribution < -0.4 is 4.74 Å². The van der Waals surface area contributed by atoms with Crippen LogP contribution >= 0.6 is 15.9 Å². The second kappa shape index (κ2) is 6.16. The zero-order valence-electron chi connectivity index (χ0n) is 9.72. The molecule has 15 heavy (non-hydrogen) atoms. The van der Waals surface area contributed by atoms with Crippen molar-refractivity contribution in [2.45, 2.75) is 27.2 Å². The fraction of sp³-hybridized carbons (Fsp3) is 0.538. The van der Waals surface area contributed by atoms with Crippen LogP contribution in [0.15, 0.2) is 18.2 Å². The minimum absolute atomic E-state index is 0.603. The van der Waals surface area contributed by atoms with Crippen molar-refractivity contribution < 1.29 is 4.74 Å². The van der Waals surface area contributed by atoms with E-state index >= 15 is 0 Å². The first-order chi connectivity index (χ1) is 7.17. The second-order valence-corrected chi connectivity index (χ2v) is 4.63. The molecule has 0 aliphatic rings. The summed E-state index contributed by atoms with van der Waals surface area (Å²) in [6, 6.07) is 6.26. The summed E-state index contributed by atoms with van der Waals surface area (Å²) < 4.78 is 5.76. The van der Waals surface area contributed by atoms with Crippen molar-refractivity contribution in [2.75, 3.05) is 11.9 Å². The topological polar surface area (TPSA) is 9.23 Å². The molecule has 0 spiro atoms. The molecule has 84 valence electrons. The lowest BCUT2D eigenvalue weighted by atomic mass is 10.1. The SMILES string of the molecule is CCC(CBr)COc1ccc(C)c(C)c1. The van der Waals surface area contributed by atoms with Crippen LogP contribution in [0.2, 0.25) is 0 Å². The molecule has 0 saturated heterocycles. The smallest absolute Gasteiger partial charge is 0.119 e. The van der Waals surface area contributed by atoms with Gasteiger partial charge in [0.25, 0.3) is 0 Å². The van der Waals surface area contributed by atoms with Crippen molar-refractivity contribution in [2.24, 2.45) is 5.92 Å². The Labute approximate surface area is 101 Å². The van der Waals surface area contributed by atoms with E-state index in [1.165, 1.54) is 11.1 Å². The molecule has 0 aliphatic carbocycles. The van der Waals surface area contributed by atoms with Gasteiger partial charge in [0.1, 0.15) is 5.75 Å². The Hall–Kier alpha value is -0.500. The number of alkyl halides is 1. The van der Waals surface area contributed by atoms with Crippen molar-refractivity contribution in [3.05, 3.63) is 29.3 Å². The van der Waals surface area contributed by atoms with E-state index in [9.17, 15) is 0 Å². The van der Waals surface area contributed by atoms with Crippen molar-refractivity contribution in [1.29, 1.82) is 0 Å². The van der Waals surface area contributed by atoms with E-state index in [1.54, 1.807) is 0 Å². The highest BCUT2D eigenvalue weighted by Crippen LogP contribution is 2.18. The van der Waals surface area contributed by atoms with Crippen LogP contribution in [0.25, 0.3) is 0 Å². The Morgan fingerprint density at radius 3 is 2.53 bits per heavy atom. The second-order valence-electron chi connectivity index (χ2n) is 3.99. The van der Waals surface area contributed by atoms with Crippen molar-refractivity contribution in [1.82, 2.24) is 0 Å². The molecule has 1 atom stereocenters. The number of hydrogen-bond acceptors (Lipinski definition) is 1. The van der Waals surface area contributed by atoms with Crippen LogP contribution in [0.4, 0.5) is 0 Å². The standard InChI is InChI=1S/C13H19BrO/c1-4-12(8-14)9-15-13-6-5-10(2)11(3)7-13/h5-7,12H,4,8-9H2,1-3H3. The van der Waals surface area contributed by atoms with Gasteiger partial charge in [0.15, 0.2) is 0 Å². The zero-order chi connectivity index (χ0) is 11.3. The van der Waals surface area contributed by atoms with Crippen molar-refractivity contribution >= 4 is 15.9 Å². The van der Waals surface area contributed by atoms with Crippen LogP contribution in [0, 0.1) is 19.8 Å². The first-order valence-electron chi connectivity index (χ1n) is 5.43. The van der Waals surface area contributed by atoms with Crippen LogP contribution in [0.5, 0.6) is 5.75 Å². The number of ether oxygens (including phenoxy) is 1. The molecule has 1 aromatic rings. The highest BCUT2D eigenvalue weighted by molar-refractivity contribution is 9.09. The Kier molecular flexibility index (Phi) is 5.16. The fourth-order valence-electron chi connectivity index (χ4n) is 1.29. The van der Waals surface area contributed by atoms with Gasteiger partial charge in [-0.05, 0) is 43.5 Å². The van der Waals surface area contributed by atoms with Gasteiger partial charge in [-0.2, -0.15) is 0 Å². The number of aryl methyl sites for hydroxylation is 2. The molecule has 1 rings (SSSR count). The van der Waals surface area contributed by atoms with Gasteiger partial charge in [-0.3, -0.25) is 0 Å². The summed E-state index contributed by atoms with van der Waals surface area (Å²) in [7, 11) is 0. The van der Waals surface area contributed by atoms with E-state index < -0.39 is 0 Å². The molecule has 0 aromatic heterocycles. The molecular formula is C13H19BrO. The number of benzene rings is 1. The van der Waals surface area contributed by atoms with E-state index in [-0.39, 0.29) is 0 Å². The van der Waals surface area contributed by atoms with Gasteiger partial charge in [-0.25, -0.2) is 0 Å². The van der Waals surface area contributed by atoms with E-state index in [1.807, 2.05) is 6.07 Å². The lowest BCUT2D eigenvalue weighted by Crippen LogP contribution is -2.12. The summed E-state index contributed by atoms with van der Waals surface area (Å²) in [4.78, 5) is 0. The molecule has 1 unspecified atom stereocenters. The summed E-state index contributed by atoms with van der Waals surface area (Å²) in [6.45, 7) is 7.22. The van der Waals surface area contributed by atoms with E-state index in [2.05, 4.69) is 48.8 Å². The number of halogens is 1. The van der Waals surface area contributed by atoms with Crippen LogP contribution in [-0.4, -0.2) is 11.9 Å². The van der Waals surface area contributed by atoms with Gasteiger partial charge in [-0.15, -0.1) is 0 Å². The molecule has 1 nitrogen and oxygen atoms in total. The largest absolute Gasteiger partial charge is 0.493 e. The molecule has 0 bridgehead atoms. The van der Waals surface area contributed by atoms with E-state index in [0.29, 0.717) is 5.92 Å². The highest BCUT2D eigenvalue weighted by Gasteiger charge is 2.05. The first kappa shape index (κ1) is 12.6. The minimum Gasteiger partial charge on any atom is -0.493 e. The lowest BCUT2D eigenvalue weighted by molar-refractivity contribution is 0.260. The predicted octanol–water partition coefficient (Wildman–Crippen LogP) is 4.10. The van der Waals surface area contributed by atoms with Crippen LogP contribution in [0.1, 0.15) is 24.5 Å². The molecule has 0 saturated carbocycles. The van der Waals surface area contributed by atoms with E-state index in [4.69, 9.17) is 4.74 Å². The molecule has 1 aromatic carbocycles. The average Bonchev–Trinajstić information content (AvgIpc) is 2.24. The van der Waals surface area contributed by atoms with Gasteiger partial charge < -0.3 is 4.74 Å². The summed E-state index contributed by atoms with van der Waals surface area (Å²) in [6.07, 6.45) is 1.15. The molecular weight excluding hydrogens is 252 g/mol. The maximum atomic E-state index is 5.76. The average molecular weight is 271 g/mol. The Bertz CT molecular complexity index is 305. The minimum atomic E-state index is 0.603. The van der Waals surface area contributed by atoms with Crippen LogP contribution in [-0.2, 0) is 0 Å². The Balaban J connectivity index is 2.54. The molecule has 0 aliphatic heterocycles. The molecule has 0 amide bonds.